The number of hydrogen-bond acceptors (Lipinski definition) is 3. The van der Waals surface area contributed by atoms with E-state index in [0.29, 0.717) is 5.56 Å². The number of aryl methyl sites for hydroxylation is 1. The number of rotatable bonds is 5. The van der Waals surface area contributed by atoms with Gasteiger partial charge in [0.2, 0.25) is 0 Å². The van der Waals surface area contributed by atoms with Crippen molar-refractivity contribution in [2.24, 2.45) is 0 Å². The van der Waals surface area contributed by atoms with Crippen molar-refractivity contribution in [1.82, 2.24) is 0 Å². The Morgan fingerprint density at radius 3 is 2.15 bits per heavy atom. The molecule has 2 aromatic carbocycles. The van der Waals surface area contributed by atoms with Gasteiger partial charge in [0, 0.05) is 0 Å². The van der Waals surface area contributed by atoms with Crippen LogP contribution in [0.4, 0.5) is 0 Å². The fraction of sp³-hybridized carbons (Fsp3) is 0.250. The molecule has 0 radical (unpaired) electrons. The van der Waals surface area contributed by atoms with Crippen LogP contribution in [0, 0.1) is 0 Å². The number of sulfone groups is 1. The highest BCUT2D eigenvalue weighted by Gasteiger charge is 2.20. The molecule has 4 heteroatoms. The summed E-state index contributed by atoms with van der Waals surface area (Å²) in [5.74, 6) is -0.303. The van der Waals surface area contributed by atoms with Crippen LogP contribution in [0.25, 0.3) is 0 Å². The molecular weight excluding hydrogens is 272 g/mol. The highest BCUT2D eigenvalue weighted by atomic mass is 32.2. The zero-order valence-electron chi connectivity index (χ0n) is 11.4. The quantitative estimate of drug-likeness (QED) is 0.921. The van der Waals surface area contributed by atoms with E-state index in [0.717, 1.165) is 12.0 Å². The van der Waals surface area contributed by atoms with E-state index < -0.39 is 15.9 Å². The maximum absolute atomic E-state index is 12.2. The summed E-state index contributed by atoms with van der Waals surface area (Å²) in [6, 6.07) is 15.6. The molecule has 0 fully saturated rings. The molecule has 0 aliphatic carbocycles. The zero-order valence-corrected chi connectivity index (χ0v) is 12.2. The van der Waals surface area contributed by atoms with Crippen molar-refractivity contribution in [1.29, 1.82) is 0 Å². The van der Waals surface area contributed by atoms with Gasteiger partial charge in [0.1, 0.15) is 0 Å². The van der Waals surface area contributed by atoms with Gasteiger partial charge >= 0.3 is 0 Å². The standard InChI is InChI=1S/C16H18O3S/c1-2-13-8-10-14(11-9-13)16(17)12-20(18,19)15-6-4-3-5-7-15/h3-11,16-17H,2,12H2,1H3. The summed E-state index contributed by atoms with van der Waals surface area (Å²) in [4.78, 5) is 0.240. The van der Waals surface area contributed by atoms with Gasteiger partial charge in [-0.2, -0.15) is 0 Å². The second kappa shape index (κ2) is 6.20. The molecule has 0 spiro atoms. The van der Waals surface area contributed by atoms with Gasteiger partial charge in [-0.15, -0.1) is 0 Å². The Labute approximate surface area is 119 Å². The molecule has 3 nitrogen and oxygen atoms in total. The number of benzene rings is 2. The molecule has 0 saturated carbocycles. The maximum Gasteiger partial charge on any atom is 0.181 e. The van der Waals surface area contributed by atoms with E-state index in [1.165, 1.54) is 0 Å². The minimum Gasteiger partial charge on any atom is -0.387 e. The van der Waals surface area contributed by atoms with Crippen LogP contribution in [0.15, 0.2) is 59.5 Å². The summed E-state index contributed by atoms with van der Waals surface area (Å²) in [5, 5.41) is 10.1. The molecule has 0 aliphatic heterocycles. The Balaban J connectivity index is 2.16. The minimum atomic E-state index is -3.47. The lowest BCUT2D eigenvalue weighted by atomic mass is 10.1. The molecule has 2 rings (SSSR count). The normalized spacial score (nSPS) is 13.1. The molecule has 20 heavy (non-hydrogen) atoms. The van der Waals surface area contributed by atoms with Crippen molar-refractivity contribution in [2.45, 2.75) is 24.3 Å². The van der Waals surface area contributed by atoms with E-state index in [4.69, 9.17) is 0 Å². The van der Waals surface area contributed by atoms with Gasteiger partial charge in [-0.1, -0.05) is 49.4 Å². The van der Waals surface area contributed by atoms with Gasteiger partial charge in [-0.05, 0) is 29.7 Å². The summed E-state index contributed by atoms with van der Waals surface area (Å²) >= 11 is 0. The average molecular weight is 290 g/mol. The number of hydrogen-bond donors (Lipinski definition) is 1. The summed E-state index contributed by atoms with van der Waals surface area (Å²) < 4.78 is 24.4. The molecule has 0 saturated heterocycles. The van der Waals surface area contributed by atoms with Crippen LogP contribution >= 0.6 is 0 Å². The van der Waals surface area contributed by atoms with E-state index in [2.05, 4.69) is 0 Å². The third-order valence-electron chi connectivity index (χ3n) is 3.25. The molecule has 0 amide bonds. The fourth-order valence-electron chi connectivity index (χ4n) is 2.00. The zero-order chi connectivity index (χ0) is 14.6. The monoisotopic (exact) mass is 290 g/mol. The van der Waals surface area contributed by atoms with Crippen molar-refractivity contribution in [3.63, 3.8) is 0 Å². The Hall–Kier alpha value is -1.65. The van der Waals surface area contributed by atoms with Gasteiger partial charge in [0.25, 0.3) is 0 Å². The minimum absolute atomic E-state index is 0.240. The number of aliphatic hydroxyl groups excluding tert-OH is 1. The second-order valence-electron chi connectivity index (χ2n) is 4.71. The van der Waals surface area contributed by atoms with Crippen molar-refractivity contribution >= 4 is 9.84 Å². The topological polar surface area (TPSA) is 54.4 Å². The van der Waals surface area contributed by atoms with Gasteiger partial charge in [-0.25, -0.2) is 8.42 Å². The highest BCUT2D eigenvalue weighted by Crippen LogP contribution is 2.20. The summed E-state index contributed by atoms with van der Waals surface area (Å²) in [6.45, 7) is 2.05. The van der Waals surface area contributed by atoms with Crippen LogP contribution in [0.3, 0.4) is 0 Å². The summed E-state index contributed by atoms with van der Waals surface area (Å²) in [7, 11) is -3.47. The van der Waals surface area contributed by atoms with Crippen molar-refractivity contribution < 1.29 is 13.5 Å². The average Bonchev–Trinajstić information content (AvgIpc) is 2.48. The molecular formula is C16H18O3S. The Morgan fingerprint density at radius 1 is 1.00 bits per heavy atom. The molecule has 1 atom stereocenters. The summed E-state index contributed by atoms with van der Waals surface area (Å²) in [5.41, 5.74) is 1.79. The third kappa shape index (κ3) is 3.46. The largest absolute Gasteiger partial charge is 0.387 e. The Morgan fingerprint density at radius 2 is 1.60 bits per heavy atom. The first kappa shape index (κ1) is 14.8. The van der Waals surface area contributed by atoms with Crippen molar-refractivity contribution in [2.75, 3.05) is 5.75 Å². The lowest BCUT2D eigenvalue weighted by Crippen LogP contribution is -2.14. The fourth-order valence-corrected chi connectivity index (χ4v) is 3.38. The summed E-state index contributed by atoms with van der Waals surface area (Å²) in [6.07, 6.45) is -0.0929. The molecule has 0 heterocycles. The highest BCUT2D eigenvalue weighted by molar-refractivity contribution is 7.91. The molecule has 106 valence electrons. The Kier molecular flexibility index (Phi) is 4.57. The smallest absolute Gasteiger partial charge is 0.181 e. The second-order valence-corrected chi connectivity index (χ2v) is 6.74. The van der Waals surface area contributed by atoms with E-state index in [1.54, 1.807) is 42.5 Å². The van der Waals surface area contributed by atoms with Crippen molar-refractivity contribution in [3.8, 4) is 0 Å². The van der Waals surface area contributed by atoms with Crippen LogP contribution < -0.4 is 0 Å². The van der Waals surface area contributed by atoms with E-state index in [-0.39, 0.29) is 10.6 Å². The van der Waals surface area contributed by atoms with Gasteiger partial charge in [0.05, 0.1) is 16.8 Å². The van der Waals surface area contributed by atoms with Crippen LogP contribution in [-0.2, 0) is 16.3 Å². The lowest BCUT2D eigenvalue weighted by molar-refractivity contribution is 0.201. The maximum atomic E-state index is 12.2. The van der Waals surface area contributed by atoms with Crippen LogP contribution in [0.1, 0.15) is 24.2 Å². The number of aliphatic hydroxyl groups is 1. The van der Waals surface area contributed by atoms with E-state index in [1.807, 2.05) is 19.1 Å². The van der Waals surface area contributed by atoms with Gasteiger partial charge in [-0.3, -0.25) is 0 Å². The van der Waals surface area contributed by atoms with Gasteiger partial charge < -0.3 is 5.11 Å². The molecule has 1 N–H and O–H groups in total. The van der Waals surface area contributed by atoms with Crippen LogP contribution in [0.2, 0.25) is 0 Å². The molecule has 0 aliphatic rings. The van der Waals surface area contributed by atoms with Gasteiger partial charge in [0.15, 0.2) is 9.84 Å². The third-order valence-corrected chi connectivity index (χ3v) is 5.00. The predicted molar refractivity (Wildman–Crippen MR) is 79.3 cm³/mol. The van der Waals surface area contributed by atoms with Crippen LogP contribution in [0.5, 0.6) is 0 Å². The molecule has 1 unspecified atom stereocenters. The first-order chi connectivity index (χ1) is 9.53. The first-order valence-corrected chi connectivity index (χ1v) is 8.23. The van der Waals surface area contributed by atoms with Crippen LogP contribution in [-0.4, -0.2) is 19.3 Å². The predicted octanol–water partition coefficient (Wildman–Crippen LogP) is 2.76. The lowest BCUT2D eigenvalue weighted by Gasteiger charge is -2.12. The SMILES string of the molecule is CCc1ccc(C(O)CS(=O)(=O)c2ccccc2)cc1. The van der Waals surface area contributed by atoms with E-state index >= 15 is 0 Å². The molecule has 2 aromatic rings. The Bertz CT molecular complexity index is 646. The molecule has 0 aromatic heterocycles. The molecule has 0 bridgehead atoms. The van der Waals surface area contributed by atoms with E-state index in [9.17, 15) is 13.5 Å². The first-order valence-electron chi connectivity index (χ1n) is 6.57. The van der Waals surface area contributed by atoms with Crippen molar-refractivity contribution in [3.05, 3.63) is 65.7 Å².